The molecule has 118 valence electrons. The number of nitrogens with one attached hydrogen (secondary N) is 1. The van der Waals surface area contributed by atoms with Gasteiger partial charge in [-0.2, -0.15) is 0 Å². The second kappa shape index (κ2) is 6.37. The lowest BCUT2D eigenvalue weighted by Gasteiger charge is -2.10. The number of aromatic nitrogens is 2. The van der Waals surface area contributed by atoms with E-state index < -0.39 is 23.2 Å². The number of hydrogen-bond acceptors (Lipinski definition) is 3. The standard InChI is InChI=1S/C16H13F2N3OS/c1-23-16-19-12-7-2-3-8-13(12)21(16)9-14(22)20-15-10(17)5-4-6-11(15)18/h2-8H,9H2,1H3,(H,20,22). The predicted molar refractivity (Wildman–Crippen MR) is 86.5 cm³/mol. The normalized spacial score (nSPS) is 10.9. The van der Waals surface area contributed by atoms with Gasteiger partial charge >= 0.3 is 0 Å². The number of halogens is 2. The minimum atomic E-state index is -0.807. The molecule has 1 heterocycles. The van der Waals surface area contributed by atoms with Gasteiger partial charge in [0.15, 0.2) is 5.16 Å². The number of anilines is 1. The molecule has 0 atom stereocenters. The maximum atomic E-state index is 13.6. The van der Waals surface area contributed by atoms with Gasteiger partial charge < -0.3 is 9.88 Å². The summed E-state index contributed by atoms with van der Waals surface area (Å²) in [5.74, 6) is -2.13. The van der Waals surface area contributed by atoms with E-state index in [0.717, 1.165) is 23.2 Å². The van der Waals surface area contributed by atoms with Crippen LogP contribution in [0.15, 0.2) is 47.6 Å². The number of carbonyl (C=O) groups is 1. The first-order valence-electron chi connectivity index (χ1n) is 6.83. The highest BCUT2D eigenvalue weighted by Crippen LogP contribution is 2.23. The van der Waals surface area contributed by atoms with Crippen molar-refractivity contribution in [1.29, 1.82) is 0 Å². The summed E-state index contributed by atoms with van der Waals surface area (Å²) in [5.41, 5.74) is 1.12. The van der Waals surface area contributed by atoms with Crippen molar-refractivity contribution in [2.75, 3.05) is 11.6 Å². The minimum Gasteiger partial charge on any atom is -0.320 e. The van der Waals surface area contributed by atoms with E-state index >= 15 is 0 Å². The van der Waals surface area contributed by atoms with E-state index in [1.165, 1.54) is 17.8 Å². The van der Waals surface area contributed by atoms with Crippen LogP contribution in [0.4, 0.5) is 14.5 Å². The Morgan fingerprint density at radius 2 is 1.87 bits per heavy atom. The Morgan fingerprint density at radius 3 is 2.57 bits per heavy atom. The zero-order valence-corrected chi connectivity index (χ0v) is 13.0. The van der Waals surface area contributed by atoms with Crippen molar-refractivity contribution in [3.8, 4) is 0 Å². The van der Waals surface area contributed by atoms with Crippen LogP contribution in [-0.4, -0.2) is 21.7 Å². The topological polar surface area (TPSA) is 46.9 Å². The number of nitrogens with zero attached hydrogens (tertiary/aromatic N) is 2. The number of benzene rings is 2. The first-order valence-corrected chi connectivity index (χ1v) is 8.05. The molecule has 0 spiro atoms. The van der Waals surface area contributed by atoms with Crippen LogP contribution >= 0.6 is 11.8 Å². The van der Waals surface area contributed by atoms with Gasteiger partial charge in [0.2, 0.25) is 5.91 Å². The number of amides is 1. The van der Waals surface area contributed by atoms with E-state index in [1.807, 2.05) is 30.5 Å². The molecule has 0 aliphatic carbocycles. The number of fused-ring (bicyclic) bond motifs is 1. The number of para-hydroxylation sites is 3. The van der Waals surface area contributed by atoms with Gasteiger partial charge in [-0.3, -0.25) is 4.79 Å². The third-order valence-electron chi connectivity index (χ3n) is 3.33. The molecule has 1 amide bonds. The fourth-order valence-electron chi connectivity index (χ4n) is 2.30. The highest BCUT2D eigenvalue weighted by molar-refractivity contribution is 7.98. The van der Waals surface area contributed by atoms with Gasteiger partial charge in [0, 0.05) is 0 Å². The highest BCUT2D eigenvalue weighted by Gasteiger charge is 2.16. The fourth-order valence-corrected chi connectivity index (χ4v) is 2.87. The van der Waals surface area contributed by atoms with E-state index in [1.54, 1.807) is 4.57 Å². The Balaban J connectivity index is 1.89. The Hall–Kier alpha value is -2.41. The second-order valence-corrected chi connectivity index (χ2v) is 5.59. The zero-order valence-electron chi connectivity index (χ0n) is 12.2. The van der Waals surface area contributed by atoms with Gasteiger partial charge in [0.1, 0.15) is 23.9 Å². The van der Waals surface area contributed by atoms with Crippen LogP contribution in [0, 0.1) is 11.6 Å². The van der Waals surface area contributed by atoms with Crippen molar-refractivity contribution in [2.24, 2.45) is 0 Å². The van der Waals surface area contributed by atoms with E-state index in [-0.39, 0.29) is 6.54 Å². The molecule has 0 aliphatic rings. The van der Waals surface area contributed by atoms with E-state index in [0.29, 0.717) is 5.16 Å². The number of thioether (sulfide) groups is 1. The van der Waals surface area contributed by atoms with E-state index in [2.05, 4.69) is 10.3 Å². The predicted octanol–water partition coefficient (Wildman–Crippen LogP) is 3.68. The summed E-state index contributed by atoms with van der Waals surface area (Å²) >= 11 is 1.40. The van der Waals surface area contributed by atoms with Crippen molar-refractivity contribution in [3.05, 3.63) is 54.1 Å². The summed E-state index contributed by atoms with van der Waals surface area (Å²) in [4.78, 5) is 16.6. The summed E-state index contributed by atoms with van der Waals surface area (Å²) in [6.45, 7) is -0.0789. The van der Waals surface area contributed by atoms with Crippen molar-refractivity contribution in [1.82, 2.24) is 9.55 Å². The molecule has 23 heavy (non-hydrogen) atoms. The average Bonchev–Trinajstić information content (AvgIpc) is 2.89. The van der Waals surface area contributed by atoms with Crippen molar-refractivity contribution in [2.45, 2.75) is 11.7 Å². The van der Waals surface area contributed by atoms with Crippen LogP contribution in [0.3, 0.4) is 0 Å². The smallest absolute Gasteiger partial charge is 0.244 e. The van der Waals surface area contributed by atoms with Gasteiger partial charge in [-0.05, 0) is 30.5 Å². The zero-order chi connectivity index (χ0) is 16.4. The van der Waals surface area contributed by atoms with Crippen LogP contribution in [0.5, 0.6) is 0 Å². The third-order valence-corrected chi connectivity index (χ3v) is 4.01. The molecule has 3 rings (SSSR count). The molecule has 0 fully saturated rings. The summed E-state index contributed by atoms with van der Waals surface area (Å²) in [6, 6.07) is 10.8. The lowest BCUT2D eigenvalue weighted by atomic mass is 10.3. The second-order valence-electron chi connectivity index (χ2n) is 4.82. The maximum Gasteiger partial charge on any atom is 0.244 e. The van der Waals surface area contributed by atoms with Gasteiger partial charge in [-0.25, -0.2) is 13.8 Å². The van der Waals surface area contributed by atoms with E-state index in [4.69, 9.17) is 0 Å². The monoisotopic (exact) mass is 333 g/mol. The molecule has 0 unspecified atom stereocenters. The molecule has 1 N–H and O–H groups in total. The fraction of sp³-hybridized carbons (Fsp3) is 0.125. The van der Waals surface area contributed by atoms with Gasteiger partial charge in [-0.1, -0.05) is 30.0 Å². The van der Waals surface area contributed by atoms with Crippen LogP contribution in [0.2, 0.25) is 0 Å². The molecule has 0 aliphatic heterocycles. The minimum absolute atomic E-state index is 0.0789. The van der Waals surface area contributed by atoms with E-state index in [9.17, 15) is 13.6 Å². The number of hydrogen-bond donors (Lipinski definition) is 1. The molecule has 0 saturated heterocycles. The van der Waals surface area contributed by atoms with Crippen LogP contribution in [0.25, 0.3) is 11.0 Å². The molecule has 2 aromatic carbocycles. The van der Waals surface area contributed by atoms with Crippen LogP contribution < -0.4 is 5.32 Å². The largest absolute Gasteiger partial charge is 0.320 e. The molecule has 3 aromatic rings. The molecule has 0 saturated carbocycles. The van der Waals surface area contributed by atoms with Crippen molar-refractivity contribution < 1.29 is 13.6 Å². The first kappa shape index (κ1) is 15.5. The highest BCUT2D eigenvalue weighted by atomic mass is 32.2. The molecule has 0 radical (unpaired) electrons. The Morgan fingerprint density at radius 1 is 1.17 bits per heavy atom. The SMILES string of the molecule is CSc1nc2ccccc2n1CC(=O)Nc1c(F)cccc1F. The lowest BCUT2D eigenvalue weighted by Crippen LogP contribution is -2.20. The summed E-state index contributed by atoms with van der Waals surface area (Å²) in [6.07, 6.45) is 1.85. The first-order chi connectivity index (χ1) is 11.1. The quantitative estimate of drug-likeness (QED) is 0.741. The summed E-state index contributed by atoms with van der Waals surface area (Å²) in [7, 11) is 0. The van der Waals surface area contributed by atoms with Crippen LogP contribution in [0.1, 0.15) is 0 Å². The maximum absolute atomic E-state index is 13.6. The third kappa shape index (κ3) is 3.05. The summed E-state index contributed by atoms with van der Waals surface area (Å²) < 4.78 is 28.9. The molecule has 0 bridgehead atoms. The van der Waals surface area contributed by atoms with Crippen molar-refractivity contribution >= 4 is 34.4 Å². The molecule has 4 nitrogen and oxygen atoms in total. The molecule has 1 aromatic heterocycles. The summed E-state index contributed by atoms with van der Waals surface area (Å²) in [5, 5.41) is 2.95. The van der Waals surface area contributed by atoms with Crippen molar-refractivity contribution in [3.63, 3.8) is 0 Å². The number of rotatable bonds is 4. The van der Waals surface area contributed by atoms with Crippen LogP contribution in [-0.2, 0) is 11.3 Å². The lowest BCUT2D eigenvalue weighted by molar-refractivity contribution is -0.116. The van der Waals surface area contributed by atoms with Gasteiger partial charge in [0.25, 0.3) is 0 Å². The molecule has 7 heteroatoms. The Kier molecular flexibility index (Phi) is 4.29. The van der Waals surface area contributed by atoms with Gasteiger partial charge in [0.05, 0.1) is 11.0 Å². The molecular weight excluding hydrogens is 320 g/mol. The Labute approximate surface area is 135 Å². The average molecular weight is 333 g/mol. The molecular formula is C16H13F2N3OS. The Bertz CT molecular complexity index is 859. The van der Waals surface area contributed by atoms with Gasteiger partial charge in [-0.15, -0.1) is 0 Å². The number of carbonyl (C=O) groups excluding carboxylic acids is 1. The number of imidazole rings is 1.